The van der Waals surface area contributed by atoms with E-state index >= 15 is 0 Å². The summed E-state index contributed by atoms with van der Waals surface area (Å²) in [5.41, 5.74) is 7.51. The van der Waals surface area contributed by atoms with Crippen molar-refractivity contribution in [2.45, 2.75) is 6.92 Å². The van der Waals surface area contributed by atoms with E-state index in [0.29, 0.717) is 0 Å². The van der Waals surface area contributed by atoms with Gasteiger partial charge in [0.2, 0.25) is 0 Å². The van der Waals surface area contributed by atoms with Crippen molar-refractivity contribution < 1.29 is 0 Å². The fourth-order valence-corrected chi connectivity index (χ4v) is 2.25. The van der Waals surface area contributed by atoms with Gasteiger partial charge in [0, 0.05) is 10.6 Å². The molecule has 82 valence electrons. The van der Waals surface area contributed by atoms with Gasteiger partial charge < -0.3 is 11.1 Å². The third-order valence-corrected chi connectivity index (χ3v) is 3.32. The Bertz CT molecular complexity index is 502. The number of rotatable bonds is 3. The van der Waals surface area contributed by atoms with E-state index in [9.17, 15) is 0 Å². The number of para-hydroxylation sites is 1. The number of amidine groups is 1. The fourth-order valence-electron chi connectivity index (χ4n) is 1.42. The van der Waals surface area contributed by atoms with E-state index in [2.05, 4.69) is 5.32 Å². The Morgan fingerprint density at radius 2 is 2.00 bits per heavy atom. The van der Waals surface area contributed by atoms with Gasteiger partial charge in [0.1, 0.15) is 5.84 Å². The maximum Gasteiger partial charge on any atom is 0.133 e. The standard InChI is InChI=1S/C12H13N3S/c1-8-10(7-11(16-8)12(13)14)15-9-5-3-2-4-6-9/h2-7,15H,1H3,(H3,13,14). The number of nitrogens with two attached hydrogens (primary N) is 1. The van der Waals surface area contributed by atoms with Crippen LogP contribution in [0.3, 0.4) is 0 Å². The zero-order valence-corrected chi connectivity index (χ0v) is 9.77. The van der Waals surface area contributed by atoms with Crippen LogP contribution in [0.25, 0.3) is 0 Å². The second-order valence-electron chi connectivity index (χ2n) is 3.49. The summed E-state index contributed by atoms with van der Waals surface area (Å²) in [5, 5.41) is 10.7. The second-order valence-corrected chi connectivity index (χ2v) is 4.74. The van der Waals surface area contributed by atoms with Gasteiger partial charge in [-0.15, -0.1) is 11.3 Å². The molecule has 1 aromatic heterocycles. The molecular formula is C12H13N3S. The minimum atomic E-state index is 0.120. The van der Waals surface area contributed by atoms with Gasteiger partial charge in [-0.2, -0.15) is 0 Å². The molecule has 4 heteroatoms. The van der Waals surface area contributed by atoms with Gasteiger partial charge in [0.05, 0.1) is 10.6 Å². The average molecular weight is 231 g/mol. The summed E-state index contributed by atoms with van der Waals surface area (Å²) in [6.07, 6.45) is 0. The lowest BCUT2D eigenvalue weighted by molar-refractivity contribution is 1.45. The molecule has 0 radical (unpaired) electrons. The first-order valence-electron chi connectivity index (χ1n) is 4.93. The molecule has 1 aromatic carbocycles. The number of hydrogen-bond donors (Lipinski definition) is 3. The number of nitrogen functional groups attached to an aromatic ring is 1. The number of aryl methyl sites for hydroxylation is 1. The van der Waals surface area contributed by atoms with Crippen LogP contribution in [-0.4, -0.2) is 5.84 Å². The molecule has 0 saturated heterocycles. The molecule has 3 nitrogen and oxygen atoms in total. The molecule has 2 rings (SSSR count). The van der Waals surface area contributed by atoms with Crippen molar-refractivity contribution in [3.63, 3.8) is 0 Å². The van der Waals surface area contributed by atoms with Crippen molar-refractivity contribution in [1.29, 1.82) is 5.41 Å². The van der Waals surface area contributed by atoms with Gasteiger partial charge in [-0.3, -0.25) is 5.41 Å². The molecule has 0 aliphatic rings. The molecule has 0 spiro atoms. The van der Waals surface area contributed by atoms with Crippen molar-refractivity contribution in [2.75, 3.05) is 5.32 Å². The fraction of sp³-hybridized carbons (Fsp3) is 0.0833. The smallest absolute Gasteiger partial charge is 0.133 e. The lowest BCUT2D eigenvalue weighted by Gasteiger charge is -2.04. The van der Waals surface area contributed by atoms with Crippen molar-refractivity contribution in [1.82, 2.24) is 0 Å². The zero-order valence-electron chi connectivity index (χ0n) is 8.95. The lowest BCUT2D eigenvalue weighted by Crippen LogP contribution is -2.08. The van der Waals surface area contributed by atoms with Crippen LogP contribution in [0, 0.1) is 12.3 Å². The molecular weight excluding hydrogens is 218 g/mol. The highest BCUT2D eigenvalue weighted by molar-refractivity contribution is 7.14. The molecule has 0 aliphatic carbocycles. The Labute approximate surface area is 98.4 Å². The third kappa shape index (κ3) is 2.23. The molecule has 0 amide bonds. The second kappa shape index (κ2) is 4.37. The Balaban J connectivity index is 2.25. The van der Waals surface area contributed by atoms with Crippen molar-refractivity contribution in [3.05, 3.63) is 46.2 Å². The van der Waals surface area contributed by atoms with E-state index in [0.717, 1.165) is 21.1 Å². The SMILES string of the molecule is Cc1sc(C(=N)N)cc1Nc1ccccc1. The molecule has 4 N–H and O–H groups in total. The van der Waals surface area contributed by atoms with Crippen LogP contribution in [0.15, 0.2) is 36.4 Å². The van der Waals surface area contributed by atoms with E-state index in [1.165, 1.54) is 11.3 Å². The topological polar surface area (TPSA) is 61.9 Å². The highest BCUT2D eigenvalue weighted by Crippen LogP contribution is 2.28. The number of thiophene rings is 1. The summed E-state index contributed by atoms with van der Waals surface area (Å²) in [7, 11) is 0. The van der Waals surface area contributed by atoms with Crippen molar-refractivity contribution in [2.24, 2.45) is 5.73 Å². The summed E-state index contributed by atoms with van der Waals surface area (Å²) >= 11 is 1.53. The Morgan fingerprint density at radius 3 is 2.56 bits per heavy atom. The van der Waals surface area contributed by atoms with Crippen molar-refractivity contribution in [3.8, 4) is 0 Å². The summed E-state index contributed by atoms with van der Waals surface area (Å²) < 4.78 is 0. The molecule has 1 heterocycles. The van der Waals surface area contributed by atoms with Crippen LogP contribution in [-0.2, 0) is 0 Å². The molecule has 0 atom stereocenters. The summed E-state index contributed by atoms with van der Waals surface area (Å²) in [6, 6.07) is 11.9. The van der Waals surface area contributed by atoms with Gasteiger partial charge in [-0.05, 0) is 25.1 Å². The summed E-state index contributed by atoms with van der Waals surface area (Å²) in [4.78, 5) is 1.94. The Kier molecular flexibility index (Phi) is 2.92. The van der Waals surface area contributed by atoms with Crippen LogP contribution in [0.1, 0.15) is 9.75 Å². The van der Waals surface area contributed by atoms with Crippen molar-refractivity contribution >= 4 is 28.5 Å². The van der Waals surface area contributed by atoms with Crippen LogP contribution in [0.5, 0.6) is 0 Å². The van der Waals surface area contributed by atoms with Gasteiger partial charge >= 0.3 is 0 Å². The van der Waals surface area contributed by atoms with Gasteiger partial charge in [-0.25, -0.2) is 0 Å². The molecule has 0 unspecified atom stereocenters. The summed E-state index contributed by atoms with van der Waals surface area (Å²) in [5.74, 6) is 0.120. The maximum absolute atomic E-state index is 7.39. The first kappa shape index (κ1) is 10.7. The maximum atomic E-state index is 7.39. The molecule has 0 fully saturated rings. The molecule has 0 aliphatic heterocycles. The van der Waals surface area contributed by atoms with E-state index < -0.39 is 0 Å². The van der Waals surface area contributed by atoms with Gasteiger partial charge in [0.25, 0.3) is 0 Å². The normalized spacial score (nSPS) is 10.1. The van der Waals surface area contributed by atoms with Gasteiger partial charge in [-0.1, -0.05) is 18.2 Å². The lowest BCUT2D eigenvalue weighted by atomic mass is 10.3. The van der Waals surface area contributed by atoms with Crippen LogP contribution in [0.2, 0.25) is 0 Å². The average Bonchev–Trinajstić information content (AvgIpc) is 2.62. The highest BCUT2D eigenvalue weighted by atomic mass is 32.1. The summed E-state index contributed by atoms with van der Waals surface area (Å²) in [6.45, 7) is 2.02. The molecule has 0 saturated carbocycles. The molecule has 0 bridgehead atoms. The van der Waals surface area contributed by atoms with Gasteiger partial charge in [0.15, 0.2) is 0 Å². The highest BCUT2D eigenvalue weighted by Gasteiger charge is 2.07. The quantitative estimate of drug-likeness (QED) is 0.561. The number of anilines is 2. The molecule has 16 heavy (non-hydrogen) atoms. The first-order valence-corrected chi connectivity index (χ1v) is 5.75. The number of hydrogen-bond acceptors (Lipinski definition) is 3. The first-order chi connectivity index (χ1) is 7.66. The zero-order chi connectivity index (χ0) is 11.5. The predicted octanol–water partition coefficient (Wildman–Crippen LogP) is 3.08. The van der Waals surface area contributed by atoms with E-state index in [1.54, 1.807) is 0 Å². The van der Waals surface area contributed by atoms with E-state index in [4.69, 9.17) is 11.1 Å². The van der Waals surface area contributed by atoms with E-state index in [-0.39, 0.29) is 5.84 Å². The Morgan fingerprint density at radius 1 is 1.31 bits per heavy atom. The Hall–Kier alpha value is -1.81. The van der Waals surface area contributed by atoms with Crippen LogP contribution < -0.4 is 11.1 Å². The number of nitrogens with one attached hydrogen (secondary N) is 2. The van der Waals surface area contributed by atoms with Crippen LogP contribution >= 0.6 is 11.3 Å². The predicted molar refractivity (Wildman–Crippen MR) is 69.8 cm³/mol. The molecule has 2 aromatic rings. The van der Waals surface area contributed by atoms with E-state index in [1.807, 2.05) is 43.3 Å². The monoisotopic (exact) mass is 231 g/mol. The largest absolute Gasteiger partial charge is 0.383 e. The number of benzene rings is 1. The third-order valence-electron chi connectivity index (χ3n) is 2.24. The van der Waals surface area contributed by atoms with Crippen LogP contribution in [0.4, 0.5) is 11.4 Å². The minimum absolute atomic E-state index is 0.120. The minimum Gasteiger partial charge on any atom is -0.383 e.